The molecule has 1 heterocycles. The van der Waals surface area contributed by atoms with Crippen LogP contribution in [0.4, 0.5) is 4.39 Å². The van der Waals surface area contributed by atoms with E-state index < -0.39 is 5.82 Å². The molecule has 144 valence electrons. The smallest absolute Gasteiger partial charge is 0.253 e. The van der Waals surface area contributed by atoms with E-state index in [1.54, 1.807) is 55.6 Å². The number of carbonyl (C=O) groups excluding carboxylic acids is 1. The fraction of sp³-hybridized carbons (Fsp3) is 0.182. The number of rotatable bonds is 7. The van der Waals surface area contributed by atoms with Crippen molar-refractivity contribution in [3.63, 3.8) is 0 Å². The zero-order chi connectivity index (χ0) is 19.9. The molecule has 3 rings (SSSR count). The molecular formula is C22H21FN2O3. The lowest BCUT2D eigenvalue weighted by molar-refractivity contribution is 0.0949. The van der Waals surface area contributed by atoms with Gasteiger partial charge >= 0.3 is 0 Å². The van der Waals surface area contributed by atoms with Gasteiger partial charge in [-0.15, -0.1) is 0 Å². The van der Waals surface area contributed by atoms with Gasteiger partial charge in [0.1, 0.15) is 5.75 Å². The average molecular weight is 380 g/mol. The Morgan fingerprint density at radius 3 is 2.68 bits per heavy atom. The first-order chi connectivity index (χ1) is 13.6. The molecule has 0 saturated carbocycles. The molecule has 6 heteroatoms. The van der Waals surface area contributed by atoms with Crippen molar-refractivity contribution in [2.75, 3.05) is 7.11 Å². The number of benzene rings is 2. The highest BCUT2D eigenvalue weighted by Gasteiger charge is 2.10. The van der Waals surface area contributed by atoms with Crippen molar-refractivity contribution in [2.24, 2.45) is 0 Å². The van der Waals surface area contributed by atoms with Gasteiger partial charge in [0.25, 0.3) is 5.91 Å². The van der Waals surface area contributed by atoms with Gasteiger partial charge in [0.15, 0.2) is 11.6 Å². The molecule has 1 unspecified atom stereocenters. The van der Waals surface area contributed by atoms with Crippen LogP contribution in [0.3, 0.4) is 0 Å². The Morgan fingerprint density at radius 2 is 1.96 bits per heavy atom. The Morgan fingerprint density at radius 1 is 1.14 bits per heavy atom. The maximum atomic E-state index is 13.7. The number of halogens is 1. The molecule has 0 fully saturated rings. The molecule has 1 amide bonds. The molecule has 0 aliphatic heterocycles. The van der Waals surface area contributed by atoms with Crippen molar-refractivity contribution in [3.05, 3.63) is 89.5 Å². The number of nitrogens with one attached hydrogen (secondary N) is 1. The summed E-state index contributed by atoms with van der Waals surface area (Å²) in [4.78, 5) is 16.6. The molecule has 0 saturated heterocycles. The van der Waals surface area contributed by atoms with Crippen molar-refractivity contribution >= 4 is 5.91 Å². The number of methoxy groups -OCH3 is 1. The molecule has 0 spiro atoms. The summed E-state index contributed by atoms with van der Waals surface area (Å²) in [6.45, 7) is 2.20. The minimum atomic E-state index is -0.431. The zero-order valence-electron chi connectivity index (χ0n) is 15.7. The molecule has 5 nitrogen and oxygen atoms in total. The summed E-state index contributed by atoms with van der Waals surface area (Å²) in [6.07, 6.45) is 1.40. The predicted molar refractivity (Wildman–Crippen MR) is 104 cm³/mol. The van der Waals surface area contributed by atoms with Crippen LogP contribution in [-0.2, 0) is 11.3 Å². The Labute approximate surface area is 163 Å². The van der Waals surface area contributed by atoms with Crippen LogP contribution in [0.15, 0.2) is 66.9 Å². The lowest BCUT2D eigenvalue weighted by atomic mass is 10.2. The summed E-state index contributed by atoms with van der Waals surface area (Å²) in [7, 11) is 1.61. The standard InChI is InChI=1S/C22H21FN2O3/c1-15(27-2)20-11-10-17(14-24-20)22(26)25-13-16-6-5-7-18(12-16)28-21-9-4-3-8-19(21)23/h3-12,14-15H,13H2,1-2H3,(H,25,26). The van der Waals surface area contributed by atoms with Gasteiger partial charge in [0.05, 0.1) is 17.4 Å². The van der Waals surface area contributed by atoms with E-state index in [2.05, 4.69) is 10.3 Å². The van der Waals surface area contributed by atoms with Crippen molar-refractivity contribution in [2.45, 2.75) is 19.6 Å². The van der Waals surface area contributed by atoms with E-state index in [0.717, 1.165) is 11.3 Å². The van der Waals surface area contributed by atoms with Crippen LogP contribution in [-0.4, -0.2) is 18.0 Å². The Kier molecular flexibility index (Phi) is 6.34. The normalized spacial score (nSPS) is 11.7. The second kappa shape index (κ2) is 9.10. The summed E-state index contributed by atoms with van der Waals surface area (Å²) >= 11 is 0. The van der Waals surface area contributed by atoms with Crippen LogP contribution < -0.4 is 10.1 Å². The molecule has 2 aromatic carbocycles. The van der Waals surface area contributed by atoms with Crippen LogP contribution >= 0.6 is 0 Å². The Hall–Kier alpha value is -3.25. The van der Waals surface area contributed by atoms with E-state index >= 15 is 0 Å². The number of aromatic nitrogens is 1. The second-order valence-corrected chi connectivity index (χ2v) is 6.21. The first-order valence-corrected chi connectivity index (χ1v) is 8.85. The molecule has 3 aromatic rings. The number of hydrogen-bond donors (Lipinski definition) is 1. The number of para-hydroxylation sites is 1. The SMILES string of the molecule is COC(C)c1ccc(C(=O)NCc2cccc(Oc3ccccc3F)c2)cn1. The van der Waals surface area contributed by atoms with E-state index in [1.807, 2.05) is 13.0 Å². The number of ether oxygens (including phenoxy) is 2. The summed E-state index contributed by atoms with van der Waals surface area (Å²) in [6, 6.07) is 16.8. The lowest BCUT2D eigenvalue weighted by Gasteiger charge is -2.10. The van der Waals surface area contributed by atoms with Gasteiger partial charge in [-0.2, -0.15) is 0 Å². The third kappa shape index (κ3) is 4.92. The fourth-order valence-corrected chi connectivity index (χ4v) is 2.56. The number of amides is 1. The van der Waals surface area contributed by atoms with Crippen LogP contribution in [0.2, 0.25) is 0 Å². The molecule has 0 aliphatic rings. The van der Waals surface area contributed by atoms with Crippen LogP contribution in [0.25, 0.3) is 0 Å². The Balaban J connectivity index is 1.61. The largest absolute Gasteiger partial charge is 0.454 e. The highest BCUT2D eigenvalue weighted by Crippen LogP contribution is 2.24. The van der Waals surface area contributed by atoms with E-state index in [-0.39, 0.29) is 17.8 Å². The number of nitrogens with zero attached hydrogens (tertiary/aromatic N) is 1. The second-order valence-electron chi connectivity index (χ2n) is 6.21. The van der Waals surface area contributed by atoms with Gasteiger partial charge in [0, 0.05) is 19.9 Å². The molecule has 1 atom stereocenters. The van der Waals surface area contributed by atoms with Crippen LogP contribution in [0, 0.1) is 5.82 Å². The fourth-order valence-electron chi connectivity index (χ4n) is 2.56. The van der Waals surface area contributed by atoms with E-state index in [4.69, 9.17) is 9.47 Å². The van der Waals surface area contributed by atoms with Crippen LogP contribution in [0.1, 0.15) is 34.6 Å². The van der Waals surface area contributed by atoms with Crippen molar-refractivity contribution in [1.82, 2.24) is 10.3 Å². The predicted octanol–water partition coefficient (Wildman–Crippen LogP) is 4.65. The van der Waals surface area contributed by atoms with Crippen molar-refractivity contribution in [3.8, 4) is 11.5 Å². The van der Waals surface area contributed by atoms with E-state index in [9.17, 15) is 9.18 Å². The van der Waals surface area contributed by atoms with Gasteiger partial charge < -0.3 is 14.8 Å². The molecule has 1 aromatic heterocycles. The molecule has 0 aliphatic carbocycles. The molecular weight excluding hydrogens is 359 g/mol. The highest BCUT2D eigenvalue weighted by atomic mass is 19.1. The van der Waals surface area contributed by atoms with Gasteiger partial charge in [-0.3, -0.25) is 9.78 Å². The van der Waals surface area contributed by atoms with Crippen LogP contribution in [0.5, 0.6) is 11.5 Å². The Bertz CT molecular complexity index is 945. The minimum absolute atomic E-state index is 0.130. The molecule has 0 bridgehead atoms. The maximum Gasteiger partial charge on any atom is 0.253 e. The maximum absolute atomic E-state index is 13.7. The summed E-state index contributed by atoms with van der Waals surface area (Å²) < 4.78 is 24.5. The zero-order valence-corrected chi connectivity index (χ0v) is 15.7. The van der Waals surface area contributed by atoms with Crippen molar-refractivity contribution in [1.29, 1.82) is 0 Å². The summed E-state index contributed by atoms with van der Waals surface area (Å²) in [5.74, 6) is -0.0129. The first kappa shape index (κ1) is 19.5. The molecule has 1 N–H and O–H groups in total. The molecule has 0 radical (unpaired) electrons. The third-order valence-corrected chi connectivity index (χ3v) is 4.23. The van der Waals surface area contributed by atoms with Gasteiger partial charge in [-0.1, -0.05) is 24.3 Å². The number of carbonyl (C=O) groups is 1. The van der Waals surface area contributed by atoms with E-state index in [1.165, 1.54) is 12.3 Å². The minimum Gasteiger partial charge on any atom is -0.454 e. The first-order valence-electron chi connectivity index (χ1n) is 8.85. The quantitative estimate of drug-likeness (QED) is 0.648. The third-order valence-electron chi connectivity index (χ3n) is 4.23. The lowest BCUT2D eigenvalue weighted by Crippen LogP contribution is -2.23. The van der Waals surface area contributed by atoms with Gasteiger partial charge in [-0.25, -0.2) is 4.39 Å². The monoisotopic (exact) mass is 380 g/mol. The van der Waals surface area contributed by atoms with Gasteiger partial charge in [-0.05, 0) is 48.9 Å². The van der Waals surface area contributed by atoms with E-state index in [0.29, 0.717) is 17.9 Å². The molecule has 28 heavy (non-hydrogen) atoms. The number of hydrogen-bond acceptors (Lipinski definition) is 4. The number of pyridine rings is 1. The highest BCUT2D eigenvalue weighted by molar-refractivity contribution is 5.93. The van der Waals surface area contributed by atoms with Crippen molar-refractivity contribution < 1.29 is 18.7 Å². The summed E-state index contributed by atoms with van der Waals surface area (Å²) in [5.41, 5.74) is 2.06. The topological polar surface area (TPSA) is 60.5 Å². The average Bonchev–Trinajstić information content (AvgIpc) is 2.73. The summed E-state index contributed by atoms with van der Waals surface area (Å²) in [5, 5.41) is 2.84. The van der Waals surface area contributed by atoms with Gasteiger partial charge in [0.2, 0.25) is 0 Å².